The molecule has 0 unspecified atom stereocenters. The number of hydrogen-bond donors (Lipinski definition) is 3. The third-order valence-corrected chi connectivity index (χ3v) is 8.19. The molecule has 3 aromatic carbocycles. The van der Waals surface area contributed by atoms with Gasteiger partial charge in [0.25, 0.3) is 5.91 Å². The molecule has 7 nitrogen and oxygen atoms in total. The monoisotopic (exact) mass is 544 g/mol. The number of carbonyl (C=O) groups excluding carboxylic acids is 1. The van der Waals surface area contributed by atoms with Crippen LogP contribution in [-0.4, -0.2) is 33.1 Å². The van der Waals surface area contributed by atoms with Gasteiger partial charge in [-0.3, -0.25) is 4.79 Å². The molecule has 0 fully saturated rings. The van der Waals surface area contributed by atoms with Crippen LogP contribution in [0.4, 0.5) is 5.82 Å². The second-order valence-corrected chi connectivity index (χ2v) is 10.7. The number of carbonyl (C=O) groups is 2. The summed E-state index contributed by atoms with van der Waals surface area (Å²) in [7, 11) is 0. The van der Waals surface area contributed by atoms with E-state index in [4.69, 9.17) is 0 Å². The summed E-state index contributed by atoms with van der Waals surface area (Å²) >= 11 is 0. The van der Waals surface area contributed by atoms with Crippen LogP contribution in [0.15, 0.2) is 79.0 Å². The zero-order valence-electron chi connectivity index (χ0n) is 23.4. The molecule has 1 aliphatic heterocycles. The first-order chi connectivity index (χ1) is 19.8. The van der Waals surface area contributed by atoms with Gasteiger partial charge in [0.1, 0.15) is 5.82 Å². The molecule has 1 aliphatic rings. The van der Waals surface area contributed by atoms with Crippen molar-refractivity contribution in [3.63, 3.8) is 0 Å². The molecular weight excluding hydrogens is 512 g/mol. The predicted octanol–water partition coefficient (Wildman–Crippen LogP) is 6.53. The summed E-state index contributed by atoms with van der Waals surface area (Å²) in [5.41, 5.74) is 9.14. The summed E-state index contributed by atoms with van der Waals surface area (Å²) in [6.45, 7) is 7.75. The molecule has 0 saturated heterocycles. The lowest BCUT2D eigenvalue weighted by atomic mass is 9.99. The van der Waals surface area contributed by atoms with Crippen LogP contribution >= 0.6 is 0 Å². The highest BCUT2D eigenvalue weighted by Crippen LogP contribution is 2.29. The zero-order valence-corrected chi connectivity index (χ0v) is 23.4. The zero-order chi connectivity index (χ0) is 28.7. The van der Waals surface area contributed by atoms with E-state index >= 15 is 0 Å². The molecule has 0 radical (unpaired) electrons. The molecule has 0 spiro atoms. The second-order valence-electron chi connectivity index (χ2n) is 10.7. The number of anilines is 1. The molecule has 1 atom stereocenters. The molecular formula is C34H32N4O3. The first-order valence-electron chi connectivity index (χ1n) is 13.8. The third kappa shape index (κ3) is 4.95. The molecule has 1 amide bonds. The van der Waals surface area contributed by atoms with Crippen LogP contribution in [0.3, 0.4) is 0 Å². The van der Waals surface area contributed by atoms with E-state index < -0.39 is 5.97 Å². The number of rotatable bonds is 7. The lowest BCUT2D eigenvalue weighted by Crippen LogP contribution is -2.26. The van der Waals surface area contributed by atoms with Crippen molar-refractivity contribution in [2.75, 3.05) is 11.9 Å². The summed E-state index contributed by atoms with van der Waals surface area (Å²) in [6.07, 6.45) is 2.78. The molecule has 41 heavy (non-hydrogen) atoms. The van der Waals surface area contributed by atoms with Crippen molar-refractivity contribution in [3.05, 3.63) is 118 Å². The van der Waals surface area contributed by atoms with Crippen molar-refractivity contribution in [1.82, 2.24) is 14.9 Å². The maximum Gasteiger partial charge on any atom is 0.336 e. The molecule has 0 aliphatic carbocycles. The minimum Gasteiger partial charge on any atom is -0.478 e. The molecule has 2 aromatic heterocycles. The normalized spacial score (nSPS) is 13.0. The standard InChI is InChI=1S/C34H32N4O3/c1-20-22(3)38(19-23-8-10-24(11-9-23)28-6-4-5-7-29(28)34(40)41)31-13-12-26(17-30(20)31)33(39)37-21(2)27-16-25-14-15-35-32(25)36-18-27/h4-13,16-18,21H,14-15,19H2,1-3H3,(H,35,36)(H,37,39)(H,40,41)/t21-/m0/s1. The van der Waals surface area contributed by atoms with Crippen molar-refractivity contribution in [2.45, 2.75) is 39.8 Å². The Balaban J connectivity index is 1.22. The Morgan fingerprint density at radius 3 is 2.61 bits per heavy atom. The molecule has 206 valence electrons. The number of carboxylic acids is 1. The fourth-order valence-corrected chi connectivity index (χ4v) is 5.68. The van der Waals surface area contributed by atoms with Gasteiger partial charge in [-0.2, -0.15) is 0 Å². The largest absolute Gasteiger partial charge is 0.478 e. The van der Waals surface area contributed by atoms with E-state index in [1.165, 1.54) is 5.56 Å². The molecule has 3 N–H and O–H groups in total. The van der Waals surface area contributed by atoms with E-state index in [2.05, 4.69) is 40.1 Å². The molecule has 0 saturated carbocycles. The van der Waals surface area contributed by atoms with Crippen molar-refractivity contribution in [3.8, 4) is 11.1 Å². The van der Waals surface area contributed by atoms with E-state index in [0.717, 1.165) is 57.6 Å². The van der Waals surface area contributed by atoms with Gasteiger partial charge in [0.05, 0.1) is 11.6 Å². The Kier molecular flexibility index (Phi) is 6.79. The maximum atomic E-state index is 13.2. The first kappa shape index (κ1) is 26.3. The number of aromatic carboxylic acids is 1. The van der Waals surface area contributed by atoms with E-state index in [1.54, 1.807) is 12.1 Å². The lowest BCUT2D eigenvalue weighted by molar-refractivity contribution is 0.0697. The van der Waals surface area contributed by atoms with E-state index in [1.807, 2.05) is 67.7 Å². The highest BCUT2D eigenvalue weighted by Gasteiger charge is 2.19. The number of nitrogens with zero attached hydrogens (tertiary/aromatic N) is 2. The summed E-state index contributed by atoms with van der Waals surface area (Å²) in [5, 5.41) is 17.0. The Morgan fingerprint density at radius 1 is 1.05 bits per heavy atom. The van der Waals surface area contributed by atoms with Gasteiger partial charge in [0.15, 0.2) is 0 Å². The molecule has 5 aromatic rings. The van der Waals surface area contributed by atoms with Gasteiger partial charge < -0.3 is 20.3 Å². The number of pyridine rings is 1. The number of aromatic nitrogens is 2. The van der Waals surface area contributed by atoms with Crippen LogP contribution in [0.25, 0.3) is 22.0 Å². The lowest BCUT2D eigenvalue weighted by Gasteiger charge is -2.15. The Bertz CT molecular complexity index is 1800. The molecule has 7 heteroatoms. The smallest absolute Gasteiger partial charge is 0.336 e. The average molecular weight is 545 g/mol. The van der Waals surface area contributed by atoms with Gasteiger partial charge in [0, 0.05) is 41.4 Å². The minimum atomic E-state index is -0.935. The highest BCUT2D eigenvalue weighted by atomic mass is 16.4. The van der Waals surface area contributed by atoms with E-state index in [9.17, 15) is 14.7 Å². The predicted molar refractivity (Wildman–Crippen MR) is 162 cm³/mol. The van der Waals surface area contributed by atoms with Crippen LogP contribution in [0, 0.1) is 13.8 Å². The van der Waals surface area contributed by atoms with Gasteiger partial charge in [0.2, 0.25) is 0 Å². The number of aryl methyl sites for hydroxylation is 1. The van der Waals surface area contributed by atoms with Gasteiger partial charge in [-0.15, -0.1) is 0 Å². The van der Waals surface area contributed by atoms with Crippen molar-refractivity contribution < 1.29 is 14.7 Å². The van der Waals surface area contributed by atoms with Crippen LogP contribution in [0.5, 0.6) is 0 Å². The number of nitrogens with one attached hydrogen (secondary N) is 2. The summed E-state index contributed by atoms with van der Waals surface area (Å²) in [6, 6.07) is 22.9. The van der Waals surface area contributed by atoms with Crippen molar-refractivity contribution >= 4 is 28.6 Å². The van der Waals surface area contributed by atoms with Crippen LogP contribution in [0.2, 0.25) is 0 Å². The Labute approximate surface area is 238 Å². The first-order valence-corrected chi connectivity index (χ1v) is 13.8. The van der Waals surface area contributed by atoms with Gasteiger partial charge in [-0.1, -0.05) is 42.5 Å². The van der Waals surface area contributed by atoms with Gasteiger partial charge in [-0.05, 0) is 90.9 Å². The second kappa shape index (κ2) is 10.6. The summed E-state index contributed by atoms with van der Waals surface area (Å²) in [4.78, 5) is 29.4. The fourth-order valence-electron chi connectivity index (χ4n) is 5.68. The van der Waals surface area contributed by atoms with Crippen LogP contribution < -0.4 is 10.6 Å². The third-order valence-electron chi connectivity index (χ3n) is 8.19. The van der Waals surface area contributed by atoms with Crippen LogP contribution in [-0.2, 0) is 13.0 Å². The number of carboxylic acid groups (broad SMARTS) is 1. The maximum absolute atomic E-state index is 13.2. The molecule has 3 heterocycles. The summed E-state index contributed by atoms with van der Waals surface area (Å²) in [5.74, 6) is -0.109. The number of benzene rings is 3. The van der Waals surface area contributed by atoms with E-state index in [0.29, 0.717) is 23.2 Å². The number of hydrogen-bond acceptors (Lipinski definition) is 4. The summed E-state index contributed by atoms with van der Waals surface area (Å²) < 4.78 is 2.26. The van der Waals surface area contributed by atoms with Gasteiger partial charge >= 0.3 is 5.97 Å². The van der Waals surface area contributed by atoms with Crippen LogP contribution in [0.1, 0.15) is 61.6 Å². The number of fused-ring (bicyclic) bond motifs is 2. The SMILES string of the molecule is Cc1c(C)n(Cc2ccc(-c3ccccc3C(=O)O)cc2)c2ccc(C(=O)N[C@@H](C)c3cnc4c(c3)CCN4)cc12. The molecule has 6 rings (SSSR count). The topological polar surface area (TPSA) is 96.2 Å². The van der Waals surface area contributed by atoms with Crippen molar-refractivity contribution in [1.29, 1.82) is 0 Å². The van der Waals surface area contributed by atoms with Crippen molar-refractivity contribution in [2.24, 2.45) is 0 Å². The number of amides is 1. The highest BCUT2D eigenvalue weighted by molar-refractivity contribution is 5.99. The quantitative estimate of drug-likeness (QED) is 0.217. The minimum absolute atomic E-state index is 0.111. The van der Waals surface area contributed by atoms with Gasteiger partial charge in [-0.25, -0.2) is 9.78 Å². The van der Waals surface area contributed by atoms with E-state index in [-0.39, 0.29) is 11.9 Å². The Morgan fingerprint density at radius 2 is 1.83 bits per heavy atom. The Hall–Kier alpha value is -4.91. The fraction of sp³-hybridized carbons (Fsp3) is 0.206. The average Bonchev–Trinajstić information content (AvgIpc) is 3.55. The molecule has 0 bridgehead atoms.